The van der Waals surface area contributed by atoms with Gasteiger partial charge in [0.1, 0.15) is 0 Å². The van der Waals surface area contributed by atoms with Crippen LogP contribution in [-0.4, -0.2) is 26.9 Å². The van der Waals surface area contributed by atoms with Gasteiger partial charge in [-0.05, 0) is 41.5 Å². The summed E-state index contributed by atoms with van der Waals surface area (Å²) in [7, 11) is 0. The van der Waals surface area contributed by atoms with E-state index in [9.17, 15) is 4.79 Å². The molecule has 3 rings (SSSR count). The zero-order chi connectivity index (χ0) is 19.4. The molecule has 0 unspecified atom stereocenters. The minimum Gasteiger partial charge on any atom is -0.345 e. The molecule has 0 aliphatic heterocycles. The smallest absolute Gasteiger partial charge is 0.251 e. The van der Waals surface area contributed by atoms with E-state index in [1.54, 1.807) is 0 Å². The normalized spacial score (nSPS) is 11.4. The Bertz CT molecular complexity index is 912. The van der Waals surface area contributed by atoms with Gasteiger partial charge in [-0.2, -0.15) is 0 Å². The second kappa shape index (κ2) is 7.96. The van der Waals surface area contributed by atoms with Crippen LogP contribution in [-0.2, 0) is 12.0 Å². The number of para-hydroxylation sites is 1. The van der Waals surface area contributed by atoms with Crippen LogP contribution in [0.15, 0.2) is 59.8 Å². The molecular formula is C21H24N4OS. The Morgan fingerprint density at radius 2 is 1.70 bits per heavy atom. The highest BCUT2D eigenvalue weighted by molar-refractivity contribution is 7.98. The molecule has 1 amide bonds. The maximum absolute atomic E-state index is 12.5. The van der Waals surface area contributed by atoms with E-state index in [-0.39, 0.29) is 11.3 Å². The maximum Gasteiger partial charge on any atom is 0.251 e. The number of nitrogens with zero attached hydrogens (tertiary/aromatic N) is 3. The van der Waals surface area contributed by atoms with E-state index >= 15 is 0 Å². The second-order valence-corrected chi connectivity index (χ2v) is 8.06. The summed E-state index contributed by atoms with van der Waals surface area (Å²) in [6.07, 6.45) is 1.96. The van der Waals surface area contributed by atoms with Crippen molar-refractivity contribution >= 4 is 17.7 Å². The molecule has 0 aliphatic carbocycles. The minimum atomic E-state index is -0.122. The number of rotatable bonds is 5. The fraction of sp³-hybridized carbons (Fsp3) is 0.286. The van der Waals surface area contributed by atoms with Crippen molar-refractivity contribution in [2.45, 2.75) is 37.9 Å². The molecule has 0 aliphatic rings. The summed E-state index contributed by atoms with van der Waals surface area (Å²) in [5.41, 5.74) is 2.88. The fourth-order valence-electron chi connectivity index (χ4n) is 2.77. The first-order valence-electron chi connectivity index (χ1n) is 8.82. The number of benzene rings is 2. The molecule has 27 heavy (non-hydrogen) atoms. The molecule has 0 saturated carbocycles. The van der Waals surface area contributed by atoms with Crippen molar-refractivity contribution in [1.82, 2.24) is 20.1 Å². The van der Waals surface area contributed by atoms with Gasteiger partial charge >= 0.3 is 0 Å². The van der Waals surface area contributed by atoms with Gasteiger partial charge in [-0.1, -0.05) is 62.9 Å². The molecule has 1 N–H and O–H groups in total. The maximum atomic E-state index is 12.5. The molecule has 0 spiro atoms. The summed E-state index contributed by atoms with van der Waals surface area (Å²) in [5, 5.41) is 12.2. The van der Waals surface area contributed by atoms with Crippen molar-refractivity contribution in [2.75, 3.05) is 6.26 Å². The van der Waals surface area contributed by atoms with Crippen LogP contribution >= 0.6 is 11.8 Å². The predicted octanol–water partition coefficient (Wildman–Crippen LogP) is 4.22. The Labute approximate surface area is 164 Å². The molecule has 1 heterocycles. The largest absolute Gasteiger partial charge is 0.345 e. The standard InChI is InChI=1S/C21H24N4OS/c1-21(2,3)16-12-10-15(11-13-16)19(26)22-14-18-23-24-20(27-4)25(18)17-8-6-5-7-9-17/h5-13H,14H2,1-4H3,(H,22,26). The van der Waals surface area contributed by atoms with Gasteiger partial charge in [0.15, 0.2) is 11.0 Å². The molecule has 140 valence electrons. The Morgan fingerprint density at radius 1 is 1.04 bits per heavy atom. The fourth-order valence-corrected chi connectivity index (χ4v) is 3.28. The third-order valence-electron chi connectivity index (χ3n) is 4.32. The lowest BCUT2D eigenvalue weighted by atomic mass is 9.87. The highest BCUT2D eigenvalue weighted by atomic mass is 32.2. The van der Waals surface area contributed by atoms with Crippen molar-refractivity contribution in [3.05, 3.63) is 71.5 Å². The first-order chi connectivity index (χ1) is 12.9. The van der Waals surface area contributed by atoms with Gasteiger partial charge in [0.25, 0.3) is 5.91 Å². The molecule has 3 aromatic rings. The van der Waals surface area contributed by atoms with E-state index in [1.807, 2.05) is 65.4 Å². The summed E-state index contributed by atoms with van der Waals surface area (Å²) in [4.78, 5) is 12.5. The van der Waals surface area contributed by atoms with E-state index < -0.39 is 0 Å². The Balaban J connectivity index is 1.75. The van der Waals surface area contributed by atoms with Crippen LogP contribution in [0, 0.1) is 0 Å². The van der Waals surface area contributed by atoms with E-state index in [1.165, 1.54) is 17.3 Å². The number of nitrogens with one attached hydrogen (secondary N) is 1. The average Bonchev–Trinajstić information content (AvgIpc) is 3.09. The molecule has 1 aromatic heterocycles. The van der Waals surface area contributed by atoms with Gasteiger partial charge in [-0.25, -0.2) is 0 Å². The van der Waals surface area contributed by atoms with Crippen LogP contribution < -0.4 is 5.32 Å². The first-order valence-corrected chi connectivity index (χ1v) is 10.0. The van der Waals surface area contributed by atoms with Crippen molar-refractivity contribution in [3.63, 3.8) is 0 Å². The molecule has 0 saturated heterocycles. The molecule has 5 nitrogen and oxygen atoms in total. The van der Waals surface area contributed by atoms with E-state index in [0.29, 0.717) is 17.9 Å². The lowest BCUT2D eigenvalue weighted by molar-refractivity contribution is 0.0949. The summed E-state index contributed by atoms with van der Waals surface area (Å²) in [6.45, 7) is 6.77. The van der Waals surface area contributed by atoms with Crippen LogP contribution in [0.5, 0.6) is 0 Å². The predicted molar refractivity (Wildman–Crippen MR) is 109 cm³/mol. The quantitative estimate of drug-likeness (QED) is 0.674. The van der Waals surface area contributed by atoms with E-state index in [2.05, 4.69) is 36.3 Å². The van der Waals surface area contributed by atoms with Gasteiger partial charge in [0, 0.05) is 11.3 Å². The Morgan fingerprint density at radius 3 is 2.30 bits per heavy atom. The zero-order valence-corrected chi connectivity index (χ0v) is 16.9. The molecule has 0 bridgehead atoms. The van der Waals surface area contributed by atoms with Crippen LogP contribution in [0.3, 0.4) is 0 Å². The van der Waals surface area contributed by atoms with Crippen molar-refractivity contribution in [2.24, 2.45) is 0 Å². The summed E-state index contributed by atoms with van der Waals surface area (Å²) in [6, 6.07) is 17.7. The second-order valence-electron chi connectivity index (χ2n) is 7.28. The molecule has 2 aromatic carbocycles. The zero-order valence-electron chi connectivity index (χ0n) is 16.1. The minimum absolute atomic E-state index is 0.0648. The number of amides is 1. The number of aromatic nitrogens is 3. The van der Waals surface area contributed by atoms with Crippen molar-refractivity contribution in [3.8, 4) is 5.69 Å². The number of carbonyl (C=O) groups is 1. The lowest BCUT2D eigenvalue weighted by Gasteiger charge is -2.19. The Kier molecular flexibility index (Phi) is 5.65. The van der Waals surface area contributed by atoms with E-state index in [0.717, 1.165) is 10.8 Å². The molecule has 6 heteroatoms. The molecule has 0 fully saturated rings. The average molecular weight is 381 g/mol. The highest BCUT2D eigenvalue weighted by Gasteiger charge is 2.16. The van der Waals surface area contributed by atoms with Crippen LogP contribution in [0.2, 0.25) is 0 Å². The SMILES string of the molecule is CSc1nnc(CNC(=O)c2ccc(C(C)(C)C)cc2)n1-c1ccccc1. The monoisotopic (exact) mass is 380 g/mol. The summed E-state index contributed by atoms with van der Waals surface area (Å²) < 4.78 is 1.97. The van der Waals surface area contributed by atoms with Gasteiger partial charge in [-0.3, -0.25) is 9.36 Å². The number of carbonyl (C=O) groups excluding carboxylic acids is 1. The number of thioether (sulfide) groups is 1. The molecule has 0 atom stereocenters. The van der Waals surface area contributed by atoms with Crippen LogP contribution in [0.25, 0.3) is 5.69 Å². The van der Waals surface area contributed by atoms with Crippen LogP contribution in [0.1, 0.15) is 42.5 Å². The van der Waals surface area contributed by atoms with Gasteiger partial charge in [-0.15, -0.1) is 10.2 Å². The van der Waals surface area contributed by atoms with E-state index in [4.69, 9.17) is 0 Å². The van der Waals surface area contributed by atoms with Gasteiger partial charge < -0.3 is 5.32 Å². The molecule has 0 radical (unpaired) electrons. The van der Waals surface area contributed by atoms with Gasteiger partial charge in [0.2, 0.25) is 0 Å². The highest BCUT2D eigenvalue weighted by Crippen LogP contribution is 2.22. The third-order valence-corrected chi connectivity index (χ3v) is 4.95. The Hall–Kier alpha value is -2.60. The molecular weight excluding hydrogens is 356 g/mol. The van der Waals surface area contributed by atoms with Crippen molar-refractivity contribution < 1.29 is 4.79 Å². The number of hydrogen-bond acceptors (Lipinski definition) is 4. The number of hydrogen-bond donors (Lipinski definition) is 1. The van der Waals surface area contributed by atoms with Crippen molar-refractivity contribution in [1.29, 1.82) is 0 Å². The van der Waals surface area contributed by atoms with Gasteiger partial charge in [0.05, 0.1) is 6.54 Å². The third kappa shape index (κ3) is 4.39. The first kappa shape index (κ1) is 19.2. The van der Waals surface area contributed by atoms with Crippen LogP contribution in [0.4, 0.5) is 0 Å². The topological polar surface area (TPSA) is 59.8 Å². The summed E-state index contributed by atoms with van der Waals surface area (Å²) in [5.74, 6) is 0.578. The lowest BCUT2D eigenvalue weighted by Crippen LogP contribution is -2.25. The summed E-state index contributed by atoms with van der Waals surface area (Å²) >= 11 is 1.52.